The van der Waals surface area contributed by atoms with Crippen LogP contribution in [0.5, 0.6) is 0 Å². The van der Waals surface area contributed by atoms with Gasteiger partial charge in [0, 0.05) is 35.7 Å². The summed E-state index contributed by atoms with van der Waals surface area (Å²) in [6, 6.07) is 23.9. The Labute approximate surface area is 209 Å². The molecule has 3 aromatic carbocycles. The summed E-state index contributed by atoms with van der Waals surface area (Å²) in [5.74, 6) is -1.30. The molecule has 0 radical (unpaired) electrons. The molecule has 0 unspecified atom stereocenters. The maximum Gasteiger partial charge on any atom is 0.323 e. The van der Waals surface area contributed by atoms with Crippen LogP contribution in [-0.4, -0.2) is 32.6 Å². The molecule has 1 aromatic heterocycles. The number of halogens is 1. The molecule has 0 fully saturated rings. The molecule has 1 aliphatic rings. The fourth-order valence-corrected chi connectivity index (χ4v) is 5.21. The van der Waals surface area contributed by atoms with Crippen molar-refractivity contribution in [3.05, 3.63) is 107 Å². The van der Waals surface area contributed by atoms with Crippen LogP contribution >= 0.6 is 0 Å². The first kappa shape index (κ1) is 23.6. The second kappa shape index (κ2) is 10.2. The third-order valence-corrected chi connectivity index (χ3v) is 6.88. The Hall–Kier alpha value is -4.13. The number of fused-ring (bicyclic) bond motifs is 3. The second-order valence-electron chi connectivity index (χ2n) is 9.22. The lowest BCUT2D eigenvalue weighted by Crippen LogP contribution is -2.47. The molecule has 0 saturated carbocycles. The van der Waals surface area contributed by atoms with E-state index in [0.29, 0.717) is 37.9 Å². The number of benzene rings is 3. The van der Waals surface area contributed by atoms with Crippen LogP contribution in [0.2, 0.25) is 0 Å². The van der Waals surface area contributed by atoms with Gasteiger partial charge in [-0.2, -0.15) is 0 Å². The smallest absolute Gasteiger partial charge is 0.323 e. The van der Waals surface area contributed by atoms with Gasteiger partial charge in [-0.3, -0.25) is 4.79 Å². The van der Waals surface area contributed by atoms with Gasteiger partial charge in [0.2, 0.25) is 0 Å². The summed E-state index contributed by atoms with van der Waals surface area (Å²) < 4.78 is 16.0. The zero-order valence-electron chi connectivity index (χ0n) is 19.9. The molecule has 4 aromatic rings. The number of aliphatic carboxylic acids is 1. The Bertz CT molecular complexity index is 1390. The molecule has 1 aliphatic carbocycles. The highest BCUT2D eigenvalue weighted by atomic mass is 19.1. The van der Waals surface area contributed by atoms with Gasteiger partial charge in [0.05, 0.1) is 0 Å². The van der Waals surface area contributed by atoms with E-state index >= 15 is 0 Å². The SMILES string of the molecule is O=C(O)Cn1c2c(c3cc(F)ccc31)C[C@@H](N(Cc1ccccc1)C(=O)NCc1ccccc1)CC2. The lowest BCUT2D eigenvalue weighted by atomic mass is 9.90. The average molecular weight is 486 g/mol. The molecule has 2 N–H and O–H groups in total. The van der Waals surface area contributed by atoms with E-state index in [2.05, 4.69) is 5.32 Å². The summed E-state index contributed by atoms with van der Waals surface area (Å²) in [7, 11) is 0. The van der Waals surface area contributed by atoms with Crippen molar-refractivity contribution in [2.45, 2.75) is 44.9 Å². The number of nitrogens with one attached hydrogen (secondary N) is 1. The minimum absolute atomic E-state index is 0.111. The summed E-state index contributed by atoms with van der Waals surface area (Å²) in [5.41, 5.74) is 4.60. The molecule has 0 saturated heterocycles. The van der Waals surface area contributed by atoms with Gasteiger partial charge in [0.15, 0.2) is 0 Å². The van der Waals surface area contributed by atoms with Crippen LogP contribution in [0.15, 0.2) is 78.9 Å². The van der Waals surface area contributed by atoms with E-state index < -0.39 is 5.97 Å². The van der Waals surface area contributed by atoms with Crippen molar-refractivity contribution in [2.24, 2.45) is 0 Å². The predicted octanol–water partition coefficient (Wildman–Crippen LogP) is 5.13. The Morgan fingerprint density at radius 1 is 1.00 bits per heavy atom. The molecule has 184 valence electrons. The van der Waals surface area contributed by atoms with Gasteiger partial charge in [0.1, 0.15) is 12.4 Å². The molecule has 5 rings (SSSR count). The topological polar surface area (TPSA) is 74.6 Å². The van der Waals surface area contributed by atoms with Crippen molar-refractivity contribution in [1.29, 1.82) is 0 Å². The van der Waals surface area contributed by atoms with Crippen LogP contribution < -0.4 is 5.32 Å². The molecular formula is C29H28FN3O3. The van der Waals surface area contributed by atoms with Crippen LogP contribution in [0.1, 0.15) is 28.8 Å². The normalized spacial score (nSPS) is 14.9. The lowest BCUT2D eigenvalue weighted by Gasteiger charge is -2.35. The van der Waals surface area contributed by atoms with Gasteiger partial charge in [0.25, 0.3) is 0 Å². The highest BCUT2D eigenvalue weighted by Crippen LogP contribution is 2.34. The van der Waals surface area contributed by atoms with Crippen LogP contribution in [0.25, 0.3) is 10.9 Å². The van der Waals surface area contributed by atoms with Crippen molar-refractivity contribution >= 4 is 22.9 Å². The van der Waals surface area contributed by atoms with E-state index in [1.165, 1.54) is 12.1 Å². The maximum absolute atomic E-state index is 14.2. The van der Waals surface area contributed by atoms with Crippen molar-refractivity contribution in [2.75, 3.05) is 0 Å². The van der Waals surface area contributed by atoms with Gasteiger partial charge in [-0.15, -0.1) is 0 Å². The number of amides is 2. The molecule has 2 amide bonds. The number of hydrogen-bond donors (Lipinski definition) is 2. The summed E-state index contributed by atoms with van der Waals surface area (Å²) in [6.45, 7) is 0.697. The standard InChI is InChI=1S/C29H28FN3O3/c30-22-11-13-26-24(15-22)25-16-23(12-14-27(25)33(26)19-28(34)35)32(18-21-9-5-2-6-10-21)29(36)31-17-20-7-3-1-4-8-20/h1-11,13,15,23H,12,14,16-19H2,(H,31,36)(H,34,35)/t23-/m0/s1. The second-order valence-corrected chi connectivity index (χ2v) is 9.22. The fourth-order valence-electron chi connectivity index (χ4n) is 5.21. The number of carbonyl (C=O) groups is 2. The highest BCUT2D eigenvalue weighted by molar-refractivity contribution is 5.87. The number of rotatable bonds is 7. The molecule has 1 atom stereocenters. The predicted molar refractivity (Wildman–Crippen MR) is 136 cm³/mol. The van der Waals surface area contributed by atoms with E-state index in [1.807, 2.05) is 65.6 Å². The van der Waals surface area contributed by atoms with E-state index in [4.69, 9.17) is 0 Å². The zero-order valence-corrected chi connectivity index (χ0v) is 19.9. The Morgan fingerprint density at radius 2 is 1.69 bits per heavy atom. The summed E-state index contributed by atoms with van der Waals surface area (Å²) in [4.78, 5) is 26.9. The quantitative estimate of drug-likeness (QED) is 0.381. The summed E-state index contributed by atoms with van der Waals surface area (Å²) in [6.07, 6.45) is 1.84. The molecule has 7 heteroatoms. The van der Waals surface area contributed by atoms with Gasteiger partial charge < -0.3 is 19.9 Å². The van der Waals surface area contributed by atoms with Gasteiger partial charge >= 0.3 is 12.0 Å². The van der Waals surface area contributed by atoms with Crippen molar-refractivity contribution in [1.82, 2.24) is 14.8 Å². The Balaban J connectivity index is 1.46. The van der Waals surface area contributed by atoms with Crippen LogP contribution in [-0.2, 0) is 37.3 Å². The monoisotopic (exact) mass is 485 g/mol. The van der Waals surface area contributed by atoms with Gasteiger partial charge in [-0.25, -0.2) is 9.18 Å². The number of urea groups is 1. The first-order valence-corrected chi connectivity index (χ1v) is 12.1. The fraction of sp³-hybridized carbons (Fsp3) is 0.241. The molecule has 0 bridgehead atoms. The van der Waals surface area contributed by atoms with Gasteiger partial charge in [-0.05, 0) is 54.2 Å². The maximum atomic E-state index is 14.2. The number of hydrogen-bond acceptors (Lipinski definition) is 2. The van der Waals surface area contributed by atoms with Crippen LogP contribution in [0, 0.1) is 5.82 Å². The minimum Gasteiger partial charge on any atom is -0.480 e. The van der Waals surface area contributed by atoms with Crippen LogP contribution in [0.4, 0.5) is 9.18 Å². The van der Waals surface area contributed by atoms with E-state index in [-0.39, 0.29) is 24.4 Å². The third kappa shape index (κ3) is 4.96. The lowest BCUT2D eigenvalue weighted by molar-refractivity contribution is -0.137. The number of nitrogens with zero attached hydrogens (tertiary/aromatic N) is 2. The number of carboxylic acids is 1. The van der Waals surface area contributed by atoms with E-state index in [1.54, 1.807) is 10.6 Å². The van der Waals surface area contributed by atoms with Crippen molar-refractivity contribution in [3.8, 4) is 0 Å². The van der Waals surface area contributed by atoms with Gasteiger partial charge in [-0.1, -0.05) is 60.7 Å². The number of carbonyl (C=O) groups excluding carboxylic acids is 1. The molecule has 36 heavy (non-hydrogen) atoms. The van der Waals surface area contributed by atoms with Crippen molar-refractivity contribution in [3.63, 3.8) is 0 Å². The first-order chi connectivity index (χ1) is 17.5. The molecule has 0 aliphatic heterocycles. The van der Waals surface area contributed by atoms with Crippen LogP contribution in [0.3, 0.4) is 0 Å². The summed E-state index contributed by atoms with van der Waals surface area (Å²) >= 11 is 0. The number of aromatic nitrogens is 1. The first-order valence-electron chi connectivity index (χ1n) is 12.1. The molecule has 1 heterocycles. The zero-order chi connectivity index (χ0) is 25.1. The minimum atomic E-state index is -0.938. The highest BCUT2D eigenvalue weighted by Gasteiger charge is 2.32. The van der Waals surface area contributed by atoms with Crippen molar-refractivity contribution < 1.29 is 19.1 Å². The summed E-state index contributed by atoms with van der Waals surface area (Å²) in [5, 5.41) is 13.3. The molecule has 6 nitrogen and oxygen atoms in total. The molecular weight excluding hydrogens is 457 g/mol. The largest absolute Gasteiger partial charge is 0.480 e. The Morgan fingerprint density at radius 3 is 2.39 bits per heavy atom. The van der Waals surface area contributed by atoms with E-state index in [9.17, 15) is 19.1 Å². The Kier molecular flexibility index (Phi) is 6.71. The number of carboxylic acid groups (broad SMARTS) is 1. The molecule has 0 spiro atoms. The average Bonchev–Trinajstić information content (AvgIpc) is 3.18. The third-order valence-electron chi connectivity index (χ3n) is 6.88. The van der Waals surface area contributed by atoms with E-state index in [0.717, 1.165) is 27.8 Å².